The Hall–Kier alpha value is -1.10. The zero-order chi connectivity index (χ0) is 11.8. The first-order chi connectivity index (χ1) is 6.97. The number of amides is 2. The number of rotatable bonds is 6. The minimum Gasteiger partial charge on any atom is -0.353 e. The van der Waals surface area contributed by atoms with Crippen molar-refractivity contribution in [1.29, 1.82) is 0 Å². The average molecular weight is 215 g/mol. The summed E-state index contributed by atoms with van der Waals surface area (Å²) < 4.78 is 0. The third-order valence-corrected chi connectivity index (χ3v) is 1.91. The van der Waals surface area contributed by atoms with Crippen LogP contribution in [0.2, 0.25) is 0 Å². The topological polar surface area (TPSA) is 61.4 Å². The first-order valence-corrected chi connectivity index (χ1v) is 5.21. The van der Waals surface area contributed by atoms with Crippen LogP contribution in [0.25, 0.3) is 0 Å². The van der Waals surface area contributed by atoms with E-state index in [0.717, 1.165) is 0 Å². The molecule has 0 spiro atoms. The Morgan fingerprint density at radius 2 is 1.87 bits per heavy atom. The van der Waals surface area contributed by atoms with Gasteiger partial charge < -0.3 is 10.2 Å². The van der Waals surface area contributed by atoms with Gasteiger partial charge in [-0.2, -0.15) is 0 Å². The molecule has 0 saturated heterocycles. The van der Waals surface area contributed by atoms with E-state index in [1.54, 1.807) is 11.9 Å². The second-order valence-electron chi connectivity index (χ2n) is 3.73. The Morgan fingerprint density at radius 1 is 1.27 bits per heavy atom. The Bertz CT molecular complexity index is 217. The highest BCUT2D eigenvalue weighted by Crippen LogP contribution is 1.81. The second-order valence-corrected chi connectivity index (χ2v) is 3.73. The van der Waals surface area contributed by atoms with Crippen molar-refractivity contribution in [1.82, 2.24) is 15.5 Å². The molecule has 0 aliphatic rings. The molecule has 2 amide bonds. The van der Waals surface area contributed by atoms with Gasteiger partial charge in [-0.1, -0.05) is 0 Å². The number of nitrogens with zero attached hydrogens (tertiary/aromatic N) is 1. The number of hydrogen-bond donors (Lipinski definition) is 2. The third kappa shape index (κ3) is 6.90. The molecule has 5 nitrogen and oxygen atoms in total. The molecule has 0 aromatic heterocycles. The summed E-state index contributed by atoms with van der Waals surface area (Å²) in [6.07, 6.45) is 0. The fraction of sp³-hybridized carbons (Fsp3) is 0.800. The van der Waals surface area contributed by atoms with Crippen LogP contribution in [0.3, 0.4) is 0 Å². The summed E-state index contributed by atoms with van der Waals surface area (Å²) in [7, 11) is 1.73. The van der Waals surface area contributed by atoms with Gasteiger partial charge in [0, 0.05) is 19.6 Å². The summed E-state index contributed by atoms with van der Waals surface area (Å²) in [6, 6.07) is 0.133. The zero-order valence-corrected chi connectivity index (χ0v) is 9.96. The smallest absolute Gasteiger partial charge is 0.236 e. The molecule has 0 radical (unpaired) electrons. The number of nitrogens with one attached hydrogen (secondary N) is 2. The van der Waals surface area contributed by atoms with Crippen LogP contribution in [0, 0.1) is 0 Å². The summed E-state index contributed by atoms with van der Waals surface area (Å²) >= 11 is 0. The summed E-state index contributed by atoms with van der Waals surface area (Å²) in [4.78, 5) is 24.1. The molecule has 0 aromatic rings. The van der Waals surface area contributed by atoms with E-state index in [9.17, 15) is 9.59 Å². The maximum atomic E-state index is 11.3. The molecular formula is C10H21N3O2. The van der Waals surface area contributed by atoms with E-state index in [1.165, 1.54) is 0 Å². The Morgan fingerprint density at radius 3 is 2.33 bits per heavy atom. The van der Waals surface area contributed by atoms with Gasteiger partial charge in [-0.15, -0.1) is 0 Å². The van der Waals surface area contributed by atoms with Crippen LogP contribution in [0.1, 0.15) is 20.8 Å². The lowest BCUT2D eigenvalue weighted by Gasteiger charge is -2.15. The Balaban J connectivity index is 3.61. The van der Waals surface area contributed by atoms with Gasteiger partial charge in [0.2, 0.25) is 11.8 Å². The molecule has 2 N–H and O–H groups in total. The van der Waals surface area contributed by atoms with E-state index in [1.807, 2.05) is 20.8 Å². The van der Waals surface area contributed by atoms with Gasteiger partial charge in [0.05, 0.1) is 13.1 Å². The van der Waals surface area contributed by atoms with Gasteiger partial charge in [-0.25, -0.2) is 0 Å². The predicted molar refractivity (Wildman–Crippen MR) is 59.5 cm³/mol. The van der Waals surface area contributed by atoms with Crippen molar-refractivity contribution >= 4 is 11.8 Å². The van der Waals surface area contributed by atoms with Gasteiger partial charge in [0.25, 0.3) is 0 Å². The average Bonchev–Trinajstić information content (AvgIpc) is 2.15. The molecular weight excluding hydrogens is 194 g/mol. The predicted octanol–water partition coefficient (Wildman–Crippen LogP) is -0.421. The van der Waals surface area contributed by atoms with E-state index in [2.05, 4.69) is 10.6 Å². The summed E-state index contributed by atoms with van der Waals surface area (Å²) in [5.74, 6) is -0.0909. The van der Waals surface area contributed by atoms with Crippen molar-refractivity contribution in [3.05, 3.63) is 0 Å². The SMILES string of the molecule is CCN(C)C(=O)CNCC(=O)NC(C)C. The van der Waals surface area contributed by atoms with E-state index in [0.29, 0.717) is 6.54 Å². The van der Waals surface area contributed by atoms with E-state index in [-0.39, 0.29) is 30.9 Å². The highest BCUT2D eigenvalue weighted by Gasteiger charge is 2.07. The fourth-order valence-electron chi connectivity index (χ4n) is 0.967. The van der Waals surface area contributed by atoms with Crippen LogP contribution in [0.4, 0.5) is 0 Å². The minimum atomic E-state index is -0.0862. The lowest BCUT2D eigenvalue weighted by molar-refractivity contribution is -0.128. The molecule has 0 saturated carbocycles. The maximum Gasteiger partial charge on any atom is 0.236 e. The number of hydrogen-bond acceptors (Lipinski definition) is 3. The van der Waals surface area contributed by atoms with Gasteiger partial charge in [0.15, 0.2) is 0 Å². The van der Waals surface area contributed by atoms with Crippen molar-refractivity contribution in [2.45, 2.75) is 26.8 Å². The van der Waals surface area contributed by atoms with Gasteiger partial charge in [-0.05, 0) is 20.8 Å². The molecule has 0 unspecified atom stereocenters. The van der Waals surface area contributed by atoms with E-state index < -0.39 is 0 Å². The lowest BCUT2D eigenvalue weighted by Crippen LogP contribution is -2.41. The molecule has 0 aliphatic carbocycles. The fourth-order valence-corrected chi connectivity index (χ4v) is 0.967. The summed E-state index contributed by atoms with van der Waals surface area (Å²) in [5.41, 5.74) is 0. The molecule has 0 heterocycles. The van der Waals surface area contributed by atoms with Crippen molar-refractivity contribution < 1.29 is 9.59 Å². The van der Waals surface area contributed by atoms with Crippen molar-refractivity contribution in [2.75, 3.05) is 26.7 Å². The molecule has 0 aliphatic heterocycles. The standard InChI is InChI=1S/C10H21N3O2/c1-5-13(4)10(15)7-11-6-9(14)12-8(2)3/h8,11H,5-7H2,1-4H3,(H,12,14). The van der Waals surface area contributed by atoms with Crippen LogP contribution in [0.15, 0.2) is 0 Å². The normalized spacial score (nSPS) is 10.2. The van der Waals surface area contributed by atoms with Crippen LogP contribution in [-0.2, 0) is 9.59 Å². The van der Waals surface area contributed by atoms with Gasteiger partial charge >= 0.3 is 0 Å². The number of carbonyl (C=O) groups is 2. The number of carbonyl (C=O) groups excluding carboxylic acids is 2. The van der Waals surface area contributed by atoms with Crippen LogP contribution in [0.5, 0.6) is 0 Å². The Labute approximate surface area is 91.2 Å². The van der Waals surface area contributed by atoms with Gasteiger partial charge in [0.1, 0.15) is 0 Å². The molecule has 0 bridgehead atoms. The molecule has 88 valence electrons. The molecule has 5 heteroatoms. The third-order valence-electron chi connectivity index (χ3n) is 1.91. The quantitative estimate of drug-likeness (QED) is 0.632. The molecule has 0 rings (SSSR count). The largest absolute Gasteiger partial charge is 0.353 e. The summed E-state index contributed by atoms with van der Waals surface area (Å²) in [5, 5.41) is 5.54. The molecule has 15 heavy (non-hydrogen) atoms. The van der Waals surface area contributed by atoms with E-state index in [4.69, 9.17) is 0 Å². The highest BCUT2D eigenvalue weighted by atomic mass is 16.2. The van der Waals surface area contributed by atoms with Crippen LogP contribution in [-0.4, -0.2) is 49.4 Å². The maximum absolute atomic E-state index is 11.3. The monoisotopic (exact) mass is 215 g/mol. The lowest BCUT2D eigenvalue weighted by atomic mass is 10.4. The van der Waals surface area contributed by atoms with E-state index >= 15 is 0 Å². The first-order valence-electron chi connectivity index (χ1n) is 5.21. The molecule has 0 atom stereocenters. The van der Waals surface area contributed by atoms with Gasteiger partial charge in [-0.3, -0.25) is 14.9 Å². The van der Waals surface area contributed by atoms with Crippen molar-refractivity contribution in [3.8, 4) is 0 Å². The summed E-state index contributed by atoms with van der Waals surface area (Å²) in [6.45, 7) is 6.77. The highest BCUT2D eigenvalue weighted by molar-refractivity contribution is 5.81. The van der Waals surface area contributed by atoms with Crippen LogP contribution >= 0.6 is 0 Å². The number of likely N-dealkylation sites (N-methyl/N-ethyl adjacent to an activating group) is 1. The second kappa shape index (κ2) is 7.23. The molecule has 0 aromatic carbocycles. The molecule has 0 fully saturated rings. The van der Waals surface area contributed by atoms with Crippen molar-refractivity contribution in [3.63, 3.8) is 0 Å². The van der Waals surface area contributed by atoms with Crippen molar-refractivity contribution in [2.24, 2.45) is 0 Å². The Kier molecular flexibility index (Phi) is 6.70. The van der Waals surface area contributed by atoms with Crippen LogP contribution < -0.4 is 10.6 Å². The first kappa shape index (κ1) is 13.9. The zero-order valence-electron chi connectivity index (χ0n) is 9.96. The minimum absolute atomic E-state index is 0.00477.